The van der Waals surface area contributed by atoms with Gasteiger partial charge in [0.2, 0.25) is 0 Å². The number of rotatable bonds is 2. The van der Waals surface area contributed by atoms with Crippen molar-refractivity contribution in [1.29, 1.82) is 0 Å². The molecule has 1 aliphatic rings. The lowest BCUT2D eigenvalue weighted by atomic mass is 9.81. The molecule has 130 valence electrons. The van der Waals surface area contributed by atoms with Crippen molar-refractivity contribution in [3.63, 3.8) is 0 Å². The van der Waals surface area contributed by atoms with Gasteiger partial charge in [0.05, 0.1) is 0 Å². The van der Waals surface area contributed by atoms with E-state index in [1.54, 1.807) is 0 Å². The van der Waals surface area contributed by atoms with Crippen LogP contribution in [0.1, 0.15) is 48.6 Å². The average Bonchev–Trinajstić information content (AvgIpc) is 2.83. The Morgan fingerprint density at radius 2 is 1.31 bits per heavy atom. The molecule has 0 amide bonds. The van der Waals surface area contributed by atoms with Crippen molar-refractivity contribution in [2.45, 2.75) is 40.0 Å². The number of hydrogen-bond acceptors (Lipinski definition) is 0. The summed E-state index contributed by atoms with van der Waals surface area (Å²) in [7, 11) is 0. The van der Waals surface area contributed by atoms with Crippen LogP contribution in [0.3, 0.4) is 0 Å². The number of fused-ring (bicyclic) bond motifs is 1. The second-order valence-corrected chi connectivity index (χ2v) is 8.07. The highest BCUT2D eigenvalue weighted by molar-refractivity contribution is 5.91. The normalized spacial score (nSPS) is 15.3. The lowest BCUT2D eigenvalue weighted by Gasteiger charge is -2.23. The van der Waals surface area contributed by atoms with Crippen LogP contribution in [0.4, 0.5) is 0 Å². The smallest absolute Gasteiger partial charge is 0.0118 e. The molecule has 0 heteroatoms. The second-order valence-electron chi connectivity index (χ2n) is 8.07. The van der Waals surface area contributed by atoms with Gasteiger partial charge in [0.15, 0.2) is 0 Å². The van der Waals surface area contributed by atoms with Crippen LogP contribution in [0.5, 0.6) is 0 Å². The Bertz CT molecular complexity index is 1010. The highest BCUT2D eigenvalue weighted by atomic mass is 14.4. The molecule has 0 atom stereocenters. The van der Waals surface area contributed by atoms with Gasteiger partial charge in [0, 0.05) is 5.41 Å². The van der Waals surface area contributed by atoms with Gasteiger partial charge in [-0.1, -0.05) is 85.6 Å². The summed E-state index contributed by atoms with van der Waals surface area (Å²) >= 11 is 0. The monoisotopic (exact) mass is 338 g/mol. The highest BCUT2D eigenvalue weighted by Gasteiger charge is 2.36. The third-order valence-corrected chi connectivity index (χ3v) is 6.07. The molecule has 0 aromatic heterocycles. The molecule has 1 aliphatic carbocycles. The quantitative estimate of drug-likeness (QED) is 0.468. The molecule has 0 unspecified atom stereocenters. The first-order valence-electron chi connectivity index (χ1n) is 9.39. The lowest BCUT2D eigenvalue weighted by molar-refractivity contribution is 0.639. The molecule has 0 heterocycles. The fourth-order valence-electron chi connectivity index (χ4n) is 4.12. The first-order chi connectivity index (χ1) is 12.4. The maximum atomic E-state index is 2.40. The van der Waals surface area contributed by atoms with Gasteiger partial charge < -0.3 is 0 Å². The summed E-state index contributed by atoms with van der Waals surface area (Å²) < 4.78 is 0. The summed E-state index contributed by atoms with van der Waals surface area (Å²) in [6, 6.07) is 24.6. The fourth-order valence-corrected chi connectivity index (χ4v) is 4.12. The zero-order valence-electron chi connectivity index (χ0n) is 16.4. The first-order valence-corrected chi connectivity index (χ1v) is 9.39. The van der Waals surface area contributed by atoms with Gasteiger partial charge in [-0.3, -0.25) is 0 Å². The third-order valence-electron chi connectivity index (χ3n) is 6.07. The van der Waals surface area contributed by atoms with Crippen LogP contribution in [0.2, 0.25) is 0 Å². The molecule has 3 aromatic rings. The Morgan fingerprint density at radius 1 is 0.654 bits per heavy atom. The summed E-state index contributed by atoms with van der Waals surface area (Å²) in [4.78, 5) is 0. The molecule has 0 N–H and O–H groups in total. The van der Waals surface area contributed by atoms with Gasteiger partial charge in [-0.15, -0.1) is 0 Å². The number of benzene rings is 3. The lowest BCUT2D eigenvalue weighted by Crippen LogP contribution is -2.15. The van der Waals surface area contributed by atoms with Crippen LogP contribution in [0, 0.1) is 13.8 Å². The van der Waals surface area contributed by atoms with Crippen LogP contribution in [0.15, 0.2) is 72.3 Å². The van der Waals surface area contributed by atoms with Gasteiger partial charge in [0.1, 0.15) is 0 Å². The van der Waals surface area contributed by atoms with E-state index in [1.165, 1.54) is 50.1 Å². The van der Waals surface area contributed by atoms with Crippen molar-refractivity contribution in [1.82, 2.24) is 0 Å². The van der Waals surface area contributed by atoms with Gasteiger partial charge >= 0.3 is 0 Å². The molecule has 0 saturated carbocycles. The fraction of sp³-hybridized carbons (Fsp3) is 0.231. The van der Waals surface area contributed by atoms with E-state index in [2.05, 4.69) is 101 Å². The zero-order chi connectivity index (χ0) is 18.5. The minimum Gasteiger partial charge on any atom is -0.0620 e. The molecule has 3 aromatic carbocycles. The molecule has 0 radical (unpaired) electrons. The van der Waals surface area contributed by atoms with Crippen LogP contribution in [0.25, 0.3) is 16.7 Å². The highest BCUT2D eigenvalue weighted by Crippen LogP contribution is 2.49. The van der Waals surface area contributed by atoms with Gasteiger partial charge in [-0.25, -0.2) is 0 Å². The Balaban J connectivity index is 1.89. The number of allylic oxidation sites excluding steroid dienone is 1. The Kier molecular flexibility index (Phi) is 3.88. The van der Waals surface area contributed by atoms with Crippen molar-refractivity contribution in [2.75, 3.05) is 0 Å². The Hall–Kier alpha value is -2.60. The molecule has 0 aliphatic heterocycles. The maximum absolute atomic E-state index is 2.40. The van der Waals surface area contributed by atoms with Gasteiger partial charge in [-0.2, -0.15) is 0 Å². The molecule has 0 saturated heterocycles. The summed E-state index contributed by atoms with van der Waals surface area (Å²) in [6.45, 7) is 11.3. The van der Waals surface area contributed by atoms with E-state index in [9.17, 15) is 0 Å². The molecular weight excluding hydrogens is 312 g/mol. The molecule has 0 nitrogen and oxygen atoms in total. The Morgan fingerprint density at radius 3 is 2.00 bits per heavy atom. The van der Waals surface area contributed by atoms with E-state index in [0.29, 0.717) is 0 Å². The van der Waals surface area contributed by atoms with E-state index < -0.39 is 0 Å². The molecule has 0 fully saturated rings. The number of aryl methyl sites for hydroxylation is 2. The zero-order valence-corrected chi connectivity index (χ0v) is 16.4. The van der Waals surface area contributed by atoms with Crippen molar-refractivity contribution in [2.24, 2.45) is 0 Å². The molecule has 0 spiro atoms. The predicted molar refractivity (Wildman–Crippen MR) is 113 cm³/mol. The molecular formula is C26H26. The summed E-state index contributed by atoms with van der Waals surface area (Å²) in [5.74, 6) is 0. The average molecular weight is 338 g/mol. The van der Waals surface area contributed by atoms with Gasteiger partial charge in [0.25, 0.3) is 0 Å². The first kappa shape index (κ1) is 16.8. The molecule has 4 rings (SSSR count). The van der Waals surface area contributed by atoms with Crippen LogP contribution >= 0.6 is 0 Å². The van der Waals surface area contributed by atoms with Crippen molar-refractivity contribution in [3.05, 3.63) is 100 Å². The molecule has 0 bridgehead atoms. The minimum absolute atomic E-state index is 0.0493. The maximum Gasteiger partial charge on any atom is 0.0118 e. The minimum atomic E-state index is 0.0493. The van der Waals surface area contributed by atoms with E-state index in [4.69, 9.17) is 0 Å². The summed E-state index contributed by atoms with van der Waals surface area (Å²) in [6.07, 6.45) is 0. The summed E-state index contributed by atoms with van der Waals surface area (Å²) in [5.41, 5.74) is 12.3. The van der Waals surface area contributed by atoms with Crippen LogP contribution in [-0.4, -0.2) is 0 Å². The van der Waals surface area contributed by atoms with E-state index in [-0.39, 0.29) is 5.41 Å². The van der Waals surface area contributed by atoms with Crippen molar-refractivity contribution < 1.29 is 0 Å². The van der Waals surface area contributed by atoms with E-state index >= 15 is 0 Å². The molecule has 26 heavy (non-hydrogen) atoms. The SMILES string of the molecule is CC1=C(c2ccccc2C)c2ccc(-c3ccc(C)cc3)cc2C1(C)C. The van der Waals surface area contributed by atoms with Crippen molar-refractivity contribution in [3.8, 4) is 11.1 Å². The standard InChI is InChI=1S/C26H26/c1-17-10-12-20(13-11-17)21-14-15-23-24(16-21)26(4,5)19(3)25(23)22-9-7-6-8-18(22)2/h6-16H,1-5H3. The van der Waals surface area contributed by atoms with Crippen LogP contribution in [-0.2, 0) is 5.41 Å². The number of hydrogen-bond donors (Lipinski definition) is 0. The third kappa shape index (κ3) is 2.52. The second kappa shape index (κ2) is 5.99. The largest absolute Gasteiger partial charge is 0.0620 e. The van der Waals surface area contributed by atoms with Crippen molar-refractivity contribution >= 4 is 5.57 Å². The van der Waals surface area contributed by atoms with Crippen LogP contribution < -0.4 is 0 Å². The van der Waals surface area contributed by atoms with E-state index in [1.807, 2.05) is 0 Å². The van der Waals surface area contributed by atoms with E-state index in [0.717, 1.165) is 0 Å². The Labute approximate surface area is 157 Å². The topological polar surface area (TPSA) is 0 Å². The summed E-state index contributed by atoms with van der Waals surface area (Å²) in [5, 5.41) is 0. The van der Waals surface area contributed by atoms with Gasteiger partial charge in [-0.05, 0) is 65.8 Å². The predicted octanol–water partition coefficient (Wildman–Crippen LogP) is 7.08.